The van der Waals surface area contributed by atoms with Crippen molar-refractivity contribution >= 4 is 17.3 Å². The lowest BCUT2D eigenvalue weighted by Crippen LogP contribution is -2.30. The van der Waals surface area contributed by atoms with E-state index >= 15 is 0 Å². The average molecular weight is 318 g/mol. The van der Waals surface area contributed by atoms with Gasteiger partial charge in [0.25, 0.3) is 11.6 Å². The fraction of sp³-hybridized carbons (Fsp3) is 0.188. The maximum absolute atomic E-state index is 13.7. The van der Waals surface area contributed by atoms with Gasteiger partial charge in [0.15, 0.2) is 6.10 Å². The quantitative estimate of drug-likeness (QED) is 0.676. The molecule has 6 nitrogen and oxygen atoms in total. The summed E-state index contributed by atoms with van der Waals surface area (Å²) < 4.78 is 19.1. The van der Waals surface area contributed by atoms with Crippen molar-refractivity contribution in [2.45, 2.75) is 20.0 Å². The molecule has 2 aromatic rings. The number of nitrogens with zero attached hydrogens (tertiary/aromatic N) is 1. The lowest BCUT2D eigenvalue weighted by atomic mass is 10.2. The van der Waals surface area contributed by atoms with E-state index < -0.39 is 22.8 Å². The molecule has 2 aromatic carbocycles. The molecule has 0 fully saturated rings. The molecule has 0 aliphatic heterocycles. The van der Waals surface area contributed by atoms with Gasteiger partial charge in [0.1, 0.15) is 11.6 Å². The van der Waals surface area contributed by atoms with E-state index in [-0.39, 0.29) is 11.4 Å². The van der Waals surface area contributed by atoms with E-state index in [1.807, 2.05) is 0 Å². The predicted octanol–water partition coefficient (Wildman–Crippen LogP) is 3.45. The molecule has 1 amide bonds. The molecule has 0 aliphatic rings. The van der Waals surface area contributed by atoms with Crippen molar-refractivity contribution < 1.29 is 18.8 Å². The number of non-ortho nitro benzene ring substituents is 1. The SMILES string of the molecule is Cc1ccc(NC(=O)C(C)Oc2ccc([N+](=O)[O-])cc2)c(F)c1. The highest BCUT2D eigenvalue weighted by Crippen LogP contribution is 2.19. The van der Waals surface area contributed by atoms with Gasteiger partial charge in [0.2, 0.25) is 0 Å². The number of halogens is 1. The smallest absolute Gasteiger partial charge is 0.269 e. The molecule has 1 N–H and O–H groups in total. The first-order valence-electron chi connectivity index (χ1n) is 6.85. The zero-order valence-corrected chi connectivity index (χ0v) is 12.6. The maximum atomic E-state index is 13.7. The molecule has 0 radical (unpaired) electrons. The molecule has 7 heteroatoms. The average Bonchev–Trinajstić information content (AvgIpc) is 2.50. The normalized spacial score (nSPS) is 11.6. The van der Waals surface area contributed by atoms with Crippen LogP contribution < -0.4 is 10.1 Å². The van der Waals surface area contributed by atoms with E-state index in [0.29, 0.717) is 5.75 Å². The van der Waals surface area contributed by atoms with Crippen LogP contribution in [0.25, 0.3) is 0 Å². The van der Waals surface area contributed by atoms with E-state index in [1.54, 1.807) is 13.0 Å². The van der Waals surface area contributed by atoms with Gasteiger partial charge in [-0.15, -0.1) is 0 Å². The lowest BCUT2D eigenvalue weighted by molar-refractivity contribution is -0.384. The monoisotopic (exact) mass is 318 g/mol. The van der Waals surface area contributed by atoms with Gasteiger partial charge in [-0.3, -0.25) is 14.9 Å². The second-order valence-electron chi connectivity index (χ2n) is 4.98. The maximum Gasteiger partial charge on any atom is 0.269 e. The highest BCUT2D eigenvalue weighted by atomic mass is 19.1. The van der Waals surface area contributed by atoms with Gasteiger partial charge in [-0.2, -0.15) is 0 Å². The number of carbonyl (C=O) groups is 1. The third-order valence-corrected chi connectivity index (χ3v) is 3.11. The van der Waals surface area contributed by atoms with Crippen molar-refractivity contribution in [3.8, 4) is 5.75 Å². The Kier molecular flexibility index (Phi) is 4.90. The van der Waals surface area contributed by atoms with Crippen LogP contribution in [0.3, 0.4) is 0 Å². The first kappa shape index (κ1) is 16.4. The minimum absolute atomic E-state index is 0.0692. The standard InChI is InChI=1S/C16H15FN2O4/c1-10-3-8-15(14(17)9-10)18-16(20)11(2)23-13-6-4-12(5-7-13)19(21)22/h3-9,11H,1-2H3,(H,18,20). The number of anilines is 1. The van der Waals surface area contributed by atoms with Crippen LogP contribution in [0.1, 0.15) is 12.5 Å². The number of nitro benzene ring substituents is 1. The number of nitrogens with one attached hydrogen (secondary N) is 1. The summed E-state index contributed by atoms with van der Waals surface area (Å²) in [6.45, 7) is 3.25. The number of ether oxygens (including phenoxy) is 1. The van der Waals surface area contributed by atoms with Crippen LogP contribution in [-0.4, -0.2) is 16.9 Å². The number of aryl methyl sites for hydroxylation is 1. The largest absolute Gasteiger partial charge is 0.481 e. The topological polar surface area (TPSA) is 81.5 Å². The number of carbonyl (C=O) groups excluding carboxylic acids is 1. The van der Waals surface area contributed by atoms with Gasteiger partial charge >= 0.3 is 0 Å². The van der Waals surface area contributed by atoms with Crippen LogP contribution in [-0.2, 0) is 4.79 Å². The molecular weight excluding hydrogens is 303 g/mol. The van der Waals surface area contributed by atoms with Crippen molar-refractivity contribution in [1.82, 2.24) is 0 Å². The van der Waals surface area contributed by atoms with Crippen LogP contribution in [0, 0.1) is 22.9 Å². The summed E-state index contributed by atoms with van der Waals surface area (Å²) in [7, 11) is 0. The number of benzene rings is 2. The fourth-order valence-corrected chi connectivity index (χ4v) is 1.86. The van der Waals surface area contributed by atoms with Crippen molar-refractivity contribution in [2.75, 3.05) is 5.32 Å². The zero-order chi connectivity index (χ0) is 17.0. The van der Waals surface area contributed by atoms with Crippen LogP contribution >= 0.6 is 0 Å². The molecular formula is C16H15FN2O4. The number of rotatable bonds is 5. The Morgan fingerprint density at radius 3 is 2.48 bits per heavy atom. The van der Waals surface area contributed by atoms with Crippen LogP contribution in [0.4, 0.5) is 15.8 Å². The molecule has 0 spiro atoms. The summed E-state index contributed by atoms with van der Waals surface area (Å²) in [6, 6.07) is 9.82. The molecule has 0 aromatic heterocycles. The second kappa shape index (κ2) is 6.87. The molecule has 1 atom stereocenters. The van der Waals surface area contributed by atoms with Crippen LogP contribution in [0.5, 0.6) is 5.75 Å². The summed E-state index contributed by atoms with van der Waals surface area (Å²) in [5.41, 5.74) is 0.742. The minimum Gasteiger partial charge on any atom is -0.481 e. The van der Waals surface area contributed by atoms with Gasteiger partial charge in [-0.1, -0.05) is 6.07 Å². The summed E-state index contributed by atoms with van der Waals surface area (Å²) in [4.78, 5) is 22.1. The summed E-state index contributed by atoms with van der Waals surface area (Å²) in [6.07, 6.45) is -0.892. The number of hydrogen-bond acceptors (Lipinski definition) is 4. The molecule has 0 saturated heterocycles. The summed E-state index contributed by atoms with van der Waals surface area (Å²) in [5.74, 6) is -0.741. The van der Waals surface area contributed by atoms with Gasteiger partial charge < -0.3 is 10.1 Å². The molecule has 120 valence electrons. The molecule has 2 rings (SSSR count). The van der Waals surface area contributed by atoms with Crippen molar-refractivity contribution in [3.63, 3.8) is 0 Å². The van der Waals surface area contributed by atoms with Crippen molar-refractivity contribution in [2.24, 2.45) is 0 Å². The predicted molar refractivity (Wildman–Crippen MR) is 83.0 cm³/mol. The molecule has 0 heterocycles. The number of hydrogen-bond donors (Lipinski definition) is 1. The summed E-state index contributed by atoms with van der Waals surface area (Å²) in [5, 5.41) is 13.0. The van der Waals surface area contributed by atoms with Gasteiger partial charge in [-0.25, -0.2) is 4.39 Å². The number of amides is 1. The van der Waals surface area contributed by atoms with Crippen molar-refractivity contribution in [1.29, 1.82) is 0 Å². The fourth-order valence-electron chi connectivity index (χ4n) is 1.86. The number of nitro groups is 1. The third-order valence-electron chi connectivity index (χ3n) is 3.11. The van der Waals surface area contributed by atoms with Gasteiger partial charge in [0, 0.05) is 12.1 Å². The Labute approximate surface area is 132 Å². The van der Waals surface area contributed by atoms with E-state index in [0.717, 1.165) is 5.56 Å². The molecule has 23 heavy (non-hydrogen) atoms. The highest BCUT2D eigenvalue weighted by molar-refractivity contribution is 5.94. The Morgan fingerprint density at radius 2 is 1.91 bits per heavy atom. The highest BCUT2D eigenvalue weighted by Gasteiger charge is 2.17. The van der Waals surface area contributed by atoms with Crippen LogP contribution in [0.2, 0.25) is 0 Å². The first-order valence-corrected chi connectivity index (χ1v) is 6.85. The van der Waals surface area contributed by atoms with Crippen molar-refractivity contribution in [3.05, 3.63) is 64.0 Å². The van der Waals surface area contributed by atoms with Crippen LogP contribution in [0.15, 0.2) is 42.5 Å². The Morgan fingerprint density at radius 1 is 1.26 bits per heavy atom. The Bertz CT molecular complexity index is 731. The lowest BCUT2D eigenvalue weighted by Gasteiger charge is -2.15. The van der Waals surface area contributed by atoms with E-state index in [9.17, 15) is 19.3 Å². The van der Waals surface area contributed by atoms with Gasteiger partial charge in [0.05, 0.1) is 10.6 Å². The third kappa shape index (κ3) is 4.26. The first-order chi connectivity index (χ1) is 10.9. The second-order valence-corrected chi connectivity index (χ2v) is 4.98. The molecule has 0 saturated carbocycles. The molecule has 0 bridgehead atoms. The Balaban J connectivity index is 2.00. The molecule has 0 aliphatic carbocycles. The van der Waals surface area contributed by atoms with E-state index in [4.69, 9.17) is 4.74 Å². The van der Waals surface area contributed by atoms with E-state index in [2.05, 4.69) is 5.32 Å². The van der Waals surface area contributed by atoms with E-state index in [1.165, 1.54) is 43.3 Å². The Hall–Kier alpha value is -2.96. The summed E-state index contributed by atoms with van der Waals surface area (Å²) >= 11 is 0. The minimum atomic E-state index is -0.892. The van der Waals surface area contributed by atoms with Gasteiger partial charge in [-0.05, 0) is 43.7 Å². The zero-order valence-electron chi connectivity index (χ0n) is 12.6. The molecule has 1 unspecified atom stereocenters.